The van der Waals surface area contributed by atoms with E-state index in [9.17, 15) is 4.39 Å². The van der Waals surface area contributed by atoms with Crippen molar-refractivity contribution in [3.05, 3.63) is 42.0 Å². The summed E-state index contributed by atoms with van der Waals surface area (Å²) in [4.78, 5) is 2.50. The van der Waals surface area contributed by atoms with Crippen LogP contribution in [0.25, 0.3) is 0 Å². The lowest BCUT2D eigenvalue weighted by Gasteiger charge is -2.31. The van der Waals surface area contributed by atoms with Gasteiger partial charge in [0.05, 0.1) is 0 Å². The zero-order chi connectivity index (χ0) is 15.4. The van der Waals surface area contributed by atoms with Gasteiger partial charge in [0, 0.05) is 18.8 Å². The Labute approximate surface area is 134 Å². The first-order chi connectivity index (χ1) is 10.7. The lowest BCUT2D eigenvalue weighted by molar-refractivity contribution is 0.235. The standard InChI is InChI=1S/C16H21FN4S/c1-20-12-18-19-16(20)22-15-7-10-21(11-8-15)9-6-13-2-4-14(17)5-3-13/h2-5,12,15H,6-11H2,1H3. The van der Waals surface area contributed by atoms with Crippen LogP contribution in [0, 0.1) is 5.82 Å². The molecule has 22 heavy (non-hydrogen) atoms. The van der Waals surface area contributed by atoms with Gasteiger partial charge < -0.3 is 9.47 Å². The predicted molar refractivity (Wildman–Crippen MR) is 86.4 cm³/mol. The summed E-state index contributed by atoms with van der Waals surface area (Å²) in [5.74, 6) is -0.162. The molecule has 1 aliphatic rings. The first-order valence-electron chi connectivity index (χ1n) is 7.68. The molecule has 2 aromatic rings. The van der Waals surface area contributed by atoms with E-state index >= 15 is 0 Å². The molecule has 1 fully saturated rings. The van der Waals surface area contributed by atoms with Crippen LogP contribution in [0.3, 0.4) is 0 Å². The minimum Gasteiger partial charge on any atom is -0.312 e. The summed E-state index contributed by atoms with van der Waals surface area (Å²) in [6.45, 7) is 3.29. The monoisotopic (exact) mass is 320 g/mol. The maximum absolute atomic E-state index is 12.9. The number of piperidine rings is 1. The Balaban J connectivity index is 1.42. The molecule has 0 spiro atoms. The van der Waals surface area contributed by atoms with Crippen molar-refractivity contribution in [2.75, 3.05) is 19.6 Å². The highest BCUT2D eigenvalue weighted by atomic mass is 32.2. The summed E-state index contributed by atoms with van der Waals surface area (Å²) in [5, 5.41) is 9.70. The van der Waals surface area contributed by atoms with Gasteiger partial charge in [-0.1, -0.05) is 23.9 Å². The van der Waals surface area contributed by atoms with Crippen LogP contribution in [-0.2, 0) is 13.5 Å². The van der Waals surface area contributed by atoms with Gasteiger partial charge in [-0.25, -0.2) is 4.39 Å². The zero-order valence-corrected chi connectivity index (χ0v) is 13.6. The van der Waals surface area contributed by atoms with Crippen molar-refractivity contribution >= 4 is 11.8 Å². The molecule has 1 aliphatic heterocycles. The molecular formula is C16H21FN4S. The minimum atomic E-state index is -0.162. The predicted octanol–water partition coefficient (Wildman–Crippen LogP) is 2.75. The molecule has 1 aromatic heterocycles. The molecule has 3 rings (SSSR count). The van der Waals surface area contributed by atoms with Gasteiger partial charge in [-0.2, -0.15) is 0 Å². The Kier molecular flexibility index (Phi) is 5.10. The topological polar surface area (TPSA) is 34.0 Å². The Morgan fingerprint density at radius 1 is 1.23 bits per heavy atom. The van der Waals surface area contributed by atoms with Gasteiger partial charge in [0.2, 0.25) is 0 Å². The number of rotatable bonds is 5. The van der Waals surface area contributed by atoms with Crippen molar-refractivity contribution in [1.29, 1.82) is 0 Å². The maximum Gasteiger partial charge on any atom is 0.191 e. The lowest BCUT2D eigenvalue weighted by Crippen LogP contribution is -2.36. The van der Waals surface area contributed by atoms with Crippen molar-refractivity contribution in [3.63, 3.8) is 0 Å². The molecule has 0 amide bonds. The van der Waals surface area contributed by atoms with Gasteiger partial charge >= 0.3 is 0 Å². The number of aromatic nitrogens is 3. The average molecular weight is 320 g/mol. The fourth-order valence-corrected chi connectivity index (χ4v) is 3.77. The van der Waals surface area contributed by atoms with E-state index in [1.54, 1.807) is 18.5 Å². The average Bonchev–Trinajstić information content (AvgIpc) is 2.93. The summed E-state index contributed by atoms with van der Waals surface area (Å²) < 4.78 is 14.9. The van der Waals surface area contributed by atoms with E-state index in [4.69, 9.17) is 0 Å². The van der Waals surface area contributed by atoms with Gasteiger partial charge in [-0.15, -0.1) is 10.2 Å². The SMILES string of the molecule is Cn1cnnc1SC1CCN(CCc2ccc(F)cc2)CC1. The minimum absolute atomic E-state index is 0.162. The highest BCUT2D eigenvalue weighted by molar-refractivity contribution is 7.99. The number of hydrogen-bond acceptors (Lipinski definition) is 4. The molecule has 1 saturated heterocycles. The van der Waals surface area contributed by atoms with Crippen LogP contribution in [0.2, 0.25) is 0 Å². The Bertz CT molecular complexity index is 590. The van der Waals surface area contributed by atoms with E-state index in [0.29, 0.717) is 5.25 Å². The molecule has 0 unspecified atom stereocenters. The summed E-state index contributed by atoms with van der Waals surface area (Å²) in [5.41, 5.74) is 1.21. The zero-order valence-electron chi connectivity index (χ0n) is 12.8. The molecular weight excluding hydrogens is 299 g/mol. The number of thioether (sulfide) groups is 1. The molecule has 0 bridgehead atoms. The van der Waals surface area contributed by atoms with Crippen LogP contribution in [0.5, 0.6) is 0 Å². The number of aryl methyl sites for hydroxylation is 1. The second-order valence-corrected chi connectivity index (χ2v) is 7.03. The van der Waals surface area contributed by atoms with Gasteiger partial charge in [0.15, 0.2) is 5.16 Å². The molecule has 4 nitrogen and oxygen atoms in total. The second-order valence-electron chi connectivity index (χ2n) is 5.76. The molecule has 0 N–H and O–H groups in total. The van der Waals surface area contributed by atoms with E-state index in [-0.39, 0.29) is 5.82 Å². The molecule has 2 heterocycles. The number of benzene rings is 1. The molecule has 0 saturated carbocycles. The molecule has 118 valence electrons. The largest absolute Gasteiger partial charge is 0.312 e. The van der Waals surface area contributed by atoms with Crippen LogP contribution in [-0.4, -0.2) is 44.5 Å². The number of halogens is 1. The third kappa shape index (κ3) is 4.08. The van der Waals surface area contributed by atoms with Gasteiger partial charge in [0.1, 0.15) is 12.1 Å². The third-order valence-corrected chi connectivity index (χ3v) is 5.49. The number of likely N-dealkylation sites (tertiary alicyclic amines) is 1. The maximum atomic E-state index is 12.9. The number of nitrogens with zero attached hydrogens (tertiary/aromatic N) is 4. The van der Waals surface area contributed by atoms with Crippen molar-refractivity contribution in [3.8, 4) is 0 Å². The highest BCUT2D eigenvalue weighted by Gasteiger charge is 2.21. The normalized spacial score (nSPS) is 17.0. The molecule has 1 aromatic carbocycles. The van der Waals surface area contributed by atoms with Crippen molar-refractivity contribution in [2.45, 2.75) is 29.7 Å². The molecule has 0 radical (unpaired) electrons. The Morgan fingerprint density at radius 2 is 1.95 bits per heavy atom. The van der Waals surface area contributed by atoms with Crippen LogP contribution in [0.4, 0.5) is 4.39 Å². The van der Waals surface area contributed by atoms with E-state index in [0.717, 1.165) is 31.2 Å². The first kappa shape index (κ1) is 15.5. The summed E-state index contributed by atoms with van der Waals surface area (Å²) in [6.07, 6.45) is 5.10. The van der Waals surface area contributed by atoms with E-state index in [1.807, 2.05) is 35.5 Å². The van der Waals surface area contributed by atoms with E-state index < -0.39 is 0 Å². The third-order valence-electron chi connectivity index (χ3n) is 4.11. The van der Waals surface area contributed by atoms with Crippen LogP contribution < -0.4 is 0 Å². The molecule has 6 heteroatoms. The van der Waals surface area contributed by atoms with Crippen molar-refractivity contribution in [2.24, 2.45) is 7.05 Å². The fourth-order valence-electron chi connectivity index (χ4n) is 2.72. The quantitative estimate of drug-likeness (QED) is 0.848. The Morgan fingerprint density at radius 3 is 2.59 bits per heavy atom. The van der Waals surface area contributed by atoms with E-state index in [1.165, 1.54) is 18.4 Å². The van der Waals surface area contributed by atoms with E-state index in [2.05, 4.69) is 15.1 Å². The second kappa shape index (κ2) is 7.24. The smallest absolute Gasteiger partial charge is 0.191 e. The summed E-state index contributed by atoms with van der Waals surface area (Å²) in [6, 6.07) is 6.84. The lowest BCUT2D eigenvalue weighted by atomic mass is 10.1. The van der Waals surface area contributed by atoms with Gasteiger partial charge in [-0.05, 0) is 50.0 Å². The van der Waals surface area contributed by atoms with Crippen molar-refractivity contribution in [1.82, 2.24) is 19.7 Å². The number of hydrogen-bond donors (Lipinski definition) is 0. The first-order valence-corrected chi connectivity index (χ1v) is 8.56. The van der Waals surface area contributed by atoms with Crippen LogP contribution >= 0.6 is 11.8 Å². The van der Waals surface area contributed by atoms with Crippen LogP contribution in [0.1, 0.15) is 18.4 Å². The summed E-state index contributed by atoms with van der Waals surface area (Å²) in [7, 11) is 1.99. The van der Waals surface area contributed by atoms with Gasteiger partial charge in [0.25, 0.3) is 0 Å². The van der Waals surface area contributed by atoms with Gasteiger partial charge in [-0.3, -0.25) is 0 Å². The van der Waals surface area contributed by atoms with Crippen molar-refractivity contribution < 1.29 is 4.39 Å². The molecule has 0 aliphatic carbocycles. The summed E-state index contributed by atoms with van der Waals surface area (Å²) >= 11 is 1.84. The molecule has 0 atom stereocenters. The Hall–Kier alpha value is -1.40. The van der Waals surface area contributed by atoms with Crippen LogP contribution in [0.15, 0.2) is 35.7 Å². The highest BCUT2D eigenvalue weighted by Crippen LogP contribution is 2.28. The fraction of sp³-hybridized carbons (Fsp3) is 0.500.